The van der Waals surface area contributed by atoms with Crippen molar-refractivity contribution in [2.45, 2.75) is 11.7 Å². The number of anilines is 1. The van der Waals surface area contributed by atoms with E-state index >= 15 is 0 Å². The first-order chi connectivity index (χ1) is 15.6. The van der Waals surface area contributed by atoms with Crippen molar-refractivity contribution in [1.82, 2.24) is 0 Å². The lowest BCUT2D eigenvalue weighted by Gasteiger charge is -2.34. The standard InChI is InChI=1S/C26H27NO4S/c1-26(20-9-4-2-5-10-20,21-11-6-3-7-12-21)32-18-16-27-15-17-30-25-22(27)13-8-14-23(25)31-19-24(28)29/h2-14H,15-19H2,1H3,(H,28,29)/p-1. The molecule has 0 aliphatic carbocycles. The maximum absolute atomic E-state index is 10.8. The van der Waals surface area contributed by atoms with Crippen molar-refractivity contribution < 1.29 is 19.4 Å². The average Bonchev–Trinajstić information content (AvgIpc) is 2.84. The Kier molecular flexibility index (Phi) is 6.90. The fraction of sp³-hybridized carbons (Fsp3) is 0.269. The van der Waals surface area contributed by atoms with Crippen LogP contribution in [0, 0.1) is 0 Å². The van der Waals surface area contributed by atoms with Gasteiger partial charge in [-0.3, -0.25) is 0 Å². The number of carbonyl (C=O) groups is 1. The molecule has 166 valence electrons. The van der Waals surface area contributed by atoms with Crippen LogP contribution in [0.3, 0.4) is 0 Å². The lowest BCUT2D eigenvalue weighted by molar-refractivity contribution is -0.307. The fourth-order valence-electron chi connectivity index (χ4n) is 3.96. The number of hydrogen-bond acceptors (Lipinski definition) is 6. The van der Waals surface area contributed by atoms with E-state index in [0.29, 0.717) is 18.1 Å². The van der Waals surface area contributed by atoms with Gasteiger partial charge >= 0.3 is 0 Å². The van der Waals surface area contributed by atoms with E-state index in [-0.39, 0.29) is 4.75 Å². The predicted octanol–water partition coefficient (Wildman–Crippen LogP) is 3.71. The van der Waals surface area contributed by atoms with E-state index in [1.54, 1.807) is 6.07 Å². The largest absolute Gasteiger partial charge is 0.546 e. The molecule has 0 N–H and O–H groups in total. The van der Waals surface area contributed by atoms with Gasteiger partial charge in [-0.2, -0.15) is 0 Å². The summed E-state index contributed by atoms with van der Waals surface area (Å²) in [6.07, 6.45) is 0. The third-order valence-corrected chi connectivity index (χ3v) is 7.09. The van der Waals surface area contributed by atoms with Gasteiger partial charge in [0.05, 0.1) is 22.9 Å². The molecule has 1 aliphatic heterocycles. The first-order valence-corrected chi connectivity index (χ1v) is 11.6. The van der Waals surface area contributed by atoms with Gasteiger partial charge in [0.25, 0.3) is 0 Å². The van der Waals surface area contributed by atoms with E-state index in [0.717, 1.165) is 24.5 Å². The average molecular weight is 449 g/mol. The van der Waals surface area contributed by atoms with Crippen molar-refractivity contribution in [3.63, 3.8) is 0 Å². The van der Waals surface area contributed by atoms with E-state index in [1.165, 1.54) is 11.1 Å². The molecule has 32 heavy (non-hydrogen) atoms. The highest BCUT2D eigenvalue weighted by Gasteiger charge is 2.30. The second-order valence-electron chi connectivity index (χ2n) is 7.71. The molecule has 4 rings (SSSR count). The Morgan fingerprint density at radius 1 is 1.03 bits per heavy atom. The Morgan fingerprint density at radius 3 is 2.31 bits per heavy atom. The van der Waals surface area contributed by atoms with E-state index in [2.05, 4.69) is 60.4 Å². The Morgan fingerprint density at radius 2 is 1.69 bits per heavy atom. The highest BCUT2D eigenvalue weighted by atomic mass is 32.2. The van der Waals surface area contributed by atoms with E-state index in [9.17, 15) is 9.90 Å². The fourth-order valence-corrected chi connectivity index (χ4v) is 5.29. The summed E-state index contributed by atoms with van der Waals surface area (Å²) in [4.78, 5) is 13.1. The quantitative estimate of drug-likeness (QED) is 0.497. The molecule has 0 spiro atoms. The molecule has 5 nitrogen and oxygen atoms in total. The zero-order valence-electron chi connectivity index (χ0n) is 18.0. The Bertz CT molecular complexity index is 1000. The zero-order chi connectivity index (χ0) is 22.4. The molecule has 6 heteroatoms. The smallest absolute Gasteiger partial charge is 0.184 e. The number of fused-ring (bicyclic) bond motifs is 1. The van der Waals surface area contributed by atoms with Gasteiger partial charge in [-0.25, -0.2) is 0 Å². The number of para-hydroxylation sites is 1. The highest BCUT2D eigenvalue weighted by Crippen LogP contribution is 2.43. The number of ether oxygens (including phenoxy) is 2. The third-order valence-electron chi connectivity index (χ3n) is 5.65. The van der Waals surface area contributed by atoms with Crippen LogP contribution in [0.15, 0.2) is 78.9 Å². The van der Waals surface area contributed by atoms with Crippen LogP contribution in [0.25, 0.3) is 0 Å². The molecule has 0 unspecified atom stereocenters. The topological polar surface area (TPSA) is 61.8 Å². The highest BCUT2D eigenvalue weighted by molar-refractivity contribution is 8.00. The van der Waals surface area contributed by atoms with Gasteiger partial charge in [0, 0.05) is 12.3 Å². The van der Waals surface area contributed by atoms with Crippen LogP contribution in [0.2, 0.25) is 0 Å². The van der Waals surface area contributed by atoms with Gasteiger partial charge in [0.2, 0.25) is 0 Å². The minimum Gasteiger partial charge on any atom is -0.546 e. The summed E-state index contributed by atoms with van der Waals surface area (Å²) in [6.45, 7) is 3.91. The molecular formula is C26H26NO4S-. The van der Waals surface area contributed by atoms with Gasteiger partial charge in [-0.15, -0.1) is 11.8 Å². The van der Waals surface area contributed by atoms with Crippen LogP contribution in [0.5, 0.6) is 11.5 Å². The van der Waals surface area contributed by atoms with E-state index < -0.39 is 12.6 Å². The summed E-state index contributed by atoms with van der Waals surface area (Å²) < 4.78 is 11.0. The summed E-state index contributed by atoms with van der Waals surface area (Å²) in [5, 5.41) is 10.8. The number of carbonyl (C=O) groups excluding carboxylic acids is 1. The van der Waals surface area contributed by atoms with Crippen molar-refractivity contribution in [1.29, 1.82) is 0 Å². The number of carboxylic acid groups (broad SMARTS) is 1. The van der Waals surface area contributed by atoms with Gasteiger partial charge in [-0.1, -0.05) is 66.7 Å². The van der Waals surface area contributed by atoms with Gasteiger partial charge in [-0.05, 0) is 30.2 Å². The number of carboxylic acids is 1. The van der Waals surface area contributed by atoms with Gasteiger partial charge in [0.1, 0.15) is 13.2 Å². The number of thioether (sulfide) groups is 1. The summed E-state index contributed by atoms with van der Waals surface area (Å²) >= 11 is 1.92. The maximum Gasteiger partial charge on any atom is 0.184 e. The van der Waals surface area contributed by atoms with Crippen LogP contribution in [-0.4, -0.2) is 38.0 Å². The lowest BCUT2D eigenvalue weighted by Crippen LogP contribution is -2.35. The molecule has 0 fully saturated rings. The molecule has 3 aromatic rings. The van der Waals surface area contributed by atoms with E-state index in [1.807, 2.05) is 36.0 Å². The van der Waals surface area contributed by atoms with Crippen molar-refractivity contribution in [3.05, 3.63) is 90.0 Å². The van der Waals surface area contributed by atoms with Crippen LogP contribution in [0.1, 0.15) is 18.1 Å². The zero-order valence-corrected chi connectivity index (χ0v) is 18.8. The molecule has 0 radical (unpaired) electrons. The Balaban J connectivity index is 1.50. The molecule has 1 aliphatic rings. The van der Waals surface area contributed by atoms with Crippen molar-refractivity contribution in [2.24, 2.45) is 0 Å². The Hall–Kier alpha value is -3.12. The van der Waals surface area contributed by atoms with Crippen LogP contribution in [-0.2, 0) is 9.54 Å². The normalized spacial score (nSPS) is 13.2. The monoisotopic (exact) mass is 448 g/mol. The molecule has 0 saturated carbocycles. The van der Waals surface area contributed by atoms with Gasteiger partial charge < -0.3 is 24.3 Å². The second kappa shape index (κ2) is 10.0. The first-order valence-electron chi connectivity index (χ1n) is 10.7. The molecule has 0 aromatic heterocycles. The minimum atomic E-state index is -1.26. The molecule has 0 saturated heterocycles. The van der Waals surface area contributed by atoms with Crippen LogP contribution < -0.4 is 19.5 Å². The summed E-state index contributed by atoms with van der Waals surface area (Å²) in [6, 6.07) is 26.7. The number of hydrogen-bond donors (Lipinski definition) is 0. The predicted molar refractivity (Wildman–Crippen MR) is 126 cm³/mol. The van der Waals surface area contributed by atoms with Crippen LogP contribution >= 0.6 is 11.8 Å². The summed E-state index contributed by atoms with van der Waals surface area (Å²) in [7, 11) is 0. The first kappa shape index (κ1) is 22.1. The van der Waals surface area contributed by atoms with Crippen molar-refractivity contribution in [2.75, 3.05) is 37.0 Å². The summed E-state index contributed by atoms with van der Waals surface area (Å²) in [5.41, 5.74) is 3.47. The number of benzene rings is 3. The molecular weight excluding hydrogens is 422 g/mol. The minimum absolute atomic E-state index is 0.170. The molecule has 0 bridgehead atoms. The summed E-state index contributed by atoms with van der Waals surface area (Å²) in [5.74, 6) is 0.679. The van der Waals surface area contributed by atoms with Crippen molar-refractivity contribution >= 4 is 23.4 Å². The SMILES string of the molecule is CC(SCCN1CCOc2c(OCC(=O)[O-])cccc21)(c1ccccc1)c1ccccc1. The van der Waals surface area contributed by atoms with Gasteiger partial charge in [0.15, 0.2) is 11.5 Å². The van der Waals surface area contributed by atoms with Crippen LogP contribution in [0.4, 0.5) is 5.69 Å². The van der Waals surface area contributed by atoms with Crippen molar-refractivity contribution in [3.8, 4) is 11.5 Å². The molecule has 1 heterocycles. The number of rotatable bonds is 9. The maximum atomic E-state index is 10.8. The lowest BCUT2D eigenvalue weighted by atomic mass is 9.92. The number of nitrogens with zero attached hydrogens (tertiary/aromatic N) is 1. The van der Waals surface area contributed by atoms with E-state index in [4.69, 9.17) is 9.47 Å². The molecule has 0 atom stereocenters. The molecule has 3 aromatic carbocycles. The second-order valence-corrected chi connectivity index (χ2v) is 9.23. The molecule has 0 amide bonds. The number of aliphatic carboxylic acids is 1. The third kappa shape index (κ3) is 4.86. The Labute approximate surface area is 193 Å².